The van der Waals surface area contributed by atoms with Gasteiger partial charge in [-0.1, -0.05) is 31.3 Å². The monoisotopic (exact) mass is 256 g/mol. The number of hydrogen-bond acceptors (Lipinski definition) is 0. The predicted octanol–water partition coefficient (Wildman–Crippen LogP) is 2.70. The quantitative estimate of drug-likeness (QED) is 0.545. The van der Waals surface area contributed by atoms with E-state index in [-0.39, 0.29) is 0 Å². The molecule has 2 heteroatoms. The summed E-state index contributed by atoms with van der Waals surface area (Å²) in [5, 5.41) is 4.61. The summed E-state index contributed by atoms with van der Waals surface area (Å²) in [6.45, 7) is 7.28. The van der Waals surface area contributed by atoms with E-state index in [1.54, 1.807) is 10.8 Å². The van der Waals surface area contributed by atoms with Crippen molar-refractivity contribution >= 4 is 24.0 Å². The third-order valence-corrected chi connectivity index (χ3v) is 8.00. The summed E-state index contributed by atoms with van der Waals surface area (Å²) in [4.78, 5) is 0. The first kappa shape index (κ1) is 11.9. The largest absolute Gasteiger partial charge is 0.205 e. The van der Waals surface area contributed by atoms with E-state index in [1.165, 1.54) is 28.9 Å². The first-order valence-electron chi connectivity index (χ1n) is 6.97. The molecule has 2 heterocycles. The molecule has 1 aromatic carbocycles. The molecule has 18 heavy (non-hydrogen) atoms. The van der Waals surface area contributed by atoms with Gasteiger partial charge >= 0.3 is 0 Å². The first-order valence-corrected chi connectivity index (χ1v) is 10.2. The van der Waals surface area contributed by atoms with Gasteiger partial charge < -0.3 is 0 Å². The van der Waals surface area contributed by atoms with Gasteiger partial charge in [-0.2, -0.15) is 0 Å². The molecular formula is C16H22NSi+. The van der Waals surface area contributed by atoms with Gasteiger partial charge in [-0.3, -0.25) is 0 Å². The van der Waals surface area contributed by atoms with Crippen LogP contribution in [0.4, 0.5) is 0 Å². The molecule has 94 valence electrons. The van der Waals surface area contributed by atoms with Crippen LogP contribution in [0.15, 0.2) is 24.4 Å². The number of rotatable bonds is 1. The number of hydrogen-bond donors (Lipinski definition) is 0. The maximum absolute atomic E-state index is 2.52. The molecule has 0 spiro atoms. The third-order valence-electron chi connectivity index (χ3n) is 4.57. The summed E-state index contributed by atoms with van der Waals surface area (Å²) >= 11 is 0. The molecule has 0 amide bonds. The minimum Gasteiger partial charge on any atom is -0.205 e. The molecule has 0 N–H and O–H groups in total. The van der Waals surface area contributed by atoms with Crippen LogP contribution in [0.2, 0.25) is 19.1 Å². The topological polar surface area (TPSA) is 3.88 Å². The molecule has 0 bridgehead atoms. The molecule has 0 radical (unpaired) electrons. The lowest BCUT2D eigenvalue weighted by atomic mass is 10.0. The molecular weight excluding hydrogens is 234 g/mol. The van der Waals surface area contributed by atoms with E-state index >= 15 is 0 Å². The van der Waals surface area contributed by atoms with Crippen LogP contribution in [0.5, 0.6) is 0 Å². The van der Waals surface area contributed by atoms with Gasteiger partial charge in [0.1, 0.15) is 7.05 Å². The van der Waals surface area contributed by atoms with Gasteiger partial charge in [-0.05, 0) is 29.5 Å². The van der Waals surface area contributed by atoms with E-state index in [2.05, 4.69) is 56.0 Å². The van der Waals surface area contributed by atoms with Crippen molar-refractivity contribution in [3.05, 3.63) is 35.7 Å². The van der Waals surface area contributed by atoms with Crippen molar-refractivity contribution < 1.29 is 4.57 Å². The highest BCUT2D eigenvalue weighted by Crippen LogP contribution is 2.27. The molecule has 1 aliphatic rings. The summed E-state index contributed by atoms with van der Waals surface area (Å²) in [6.07, 6.45) is 4.60. The number of aryl methyl sites for hydroxylation is 3. The summed E-state index contributed by atoms with van der Waals surface area (Å²) < 4.78 is 2.28. The van der Waals surface area contributed by atoms with E-state index in [9.17, 15) is 0 Å². The molecule has 0 fully saturated rings. The second-order valence-corrected chi connectivity index (χ2v) is 11.0. The molecule has 0 saturated carbocycles. The molecule has 0 saturated heterocycles. The molecule has 3 rings (SSSR count). The van der Waals surface area contributed by atoms with Crippen LogP contribution in [0, 0.1) is 0 Å². The molecule has 1 nitrogen and oxygen atoms in total. The van der Waals surface area contributed by atoms with Crippen LogP contribution in [0.1, 0.15) is 18.2 Å². The van der Waals surface area contributed by atoms with Crippen LogP contribution in [-0.4, -0.2) is 8.07 Å². The molecule has 1 aromatic heterocycles. The lowest BCUT2D eigenvalue weighted by Gasteiger charge is -2.17. The van der Waals surface area contributed by atoms with Gasteiger partial charge in [0.15, 0.2) is 11.9 Å². The van der Waals surface area contributed by atoms with Crippen LogP contribution in [0.25, 0.3) is 10.8 Å². The maximum atomic E-state index is 2.52. The molecule has 1 aliphatic heterocycles. The Kier molecular flexibility index (Phi) is 2.59. The second-order valence-electron chi connectivity index (χ2n) is 6.21. The smallest absolute Gasteiger partial charge is 0.188 e. The molecule has 0 unspecified atom stereocenters. The lowest BCUT2D eigenvalue weighted by Crippen LogP contribution is -2.38. The zero-order chi connectivity index (χ0) is 12.9. The van der Waals surface area contributed by atoms with Crippen molar-refractivity contribution in [1.82, 2.24) is 0 Å². The highest BCUT2D eigenvalue weighted by molar-refractivity contribution is 6.91. The Bertz CT molecular complexity index is 629. The van der Waals surface area contributed by atoms with Crippen LogP contribution >= 0.6 is 0 Å². The zero-order valence-corrected chi connectivity index (χ0v) is 12.9. The van der Waals surface area contributed by atoms with Gasteiger partial charge in [-0.25, -0.2) is 4.57 Å². The Labute approximate surface area is 110 Å². The zero-order valence-electron chi connectivity index (χ0n) is 11.9. The average molecular weight is 256 g/mol. The van der Waals surface area contributed by atoms with E-state index in [0.717, 1.165) is 6.42 Å². The lowest BCUT2D eigenvalue weighted by molar-refractivity contribution is -0.677. The minimum atomic E-state index is -1.14. The minimum absolute atomic E-state index is 1.11. The Morgan fingerprint density at radius 2 is 2.06 bits per heavy atom. The van der Waals surface area contributed by atoms with Crippen LogP contribution in [0.3, 0.4) is 0 Å². The van der Waals surface area contributed by atoms with E-state index in [0.29, 0.717) is 0 Å². The molecule has 0 aliphatic carbocycles. The third kappa shape index (κ3) is 1.63. The van der Waals surface area contributed by atoms with Gasteiger partial charge in [-0.15, -0.1) is 0 Å². The number of aromatic nitrogens is 1. The fraction of sp³-hybridized carbons (Fsp3) is 0.438. The summed E-state index contributed by atoms with van der Waals surface area (Å²) in [6, 6.07) is 8.65. The Hall–Kier alpha value is -1.15. The first-order chi connectivity index (χ1) is 8.53. The van der Waals surface area contributed by atoms with Crippen LogP contribution in [-0.2, 0) is 19.9 Å². The number of fused-ring (bicyclic) bond motifs is 2. The summed E-state index contributed by atoms with van der Waals surface area (Å²) in [5.41, 5.74) is 3.09. The standard InChI is InChI=1S/C16H22NSi/c1-5-15-14-11-16-13(7-9-18(16,3)4)10-12(14)6-8-17(15)2/h6,8,10-11H,5,7,9H2,1-4H3/q+1. The van der Waals surface area contributed by atoms with E-state index in [1.807, 2.05) is 0 Å². The SMILES string of the molecule is CCc1c2cc3c(cc2cc[n+]1C)CC[Si]3(C)C. The Balaban J connectivity index is 2.35. The average Bonchev–Trinajstić information content (AvgIpc) is 2.63. The fourth-order valence-corrected chi connectivity index (χ4v) is 6.15. The van der Waals surface area contributed by atoms with E-state index in [4.69, 9.17) is 0 Å². The summed E-state index contributed by atoms with van der Waals surface area (Å²) in [7, 11) is 1.02. The van der Waals surface area contributed by atoms with Crippen molar-refractivity contribution in [1.29, 1.82) is 0 Å². The Morgan fingerprint density at radius 3 is 2.78 bits per heavy atom. The fourth-order valence-electron chi connectivity index (χ4n) is 3.38. The number of nitrogens with zero attached hydrogens (tertiary/aromatic N) is 1. The second kappa shape index (κ2) is 3.92. The molecule has 0 atom stereocenters. The highest BCUT2D eigenvalue weighted by atomic mass is 28.3. The number of benzene rings is 1. The van der Waals surface area contributed by atoms with E-state index < -0.39 is 8.07 Å². The van der Waals surface area contributed by atoms with Crippen molar-refractivity contribution in [3.8, 4) is 0 Å². The normalized spacial score (nSPS) is 17.1. The van der Waals surface area contributed by atoms with Crippen molar-refractivity contribution in [2.24, 2.45) is 7.05 Å². The van der Waals surface area contributed by atoms with Gasteiger partial charge in [0.25, 0.3) is 0 Å². The van der Waals surface area contributed by atoms with Crippen molar-refractivity contribution in [2.45, 2.75) is 38.9 Å². The van der Waals surface area contributed by atoms with Crippen molar-refractivity contribution in [3.63, 3.8) is 0 Å². The van der Waals surface area contributed by atoms with Gasteiger partial charge in [0.05, 0.1) is 8.07 Å². The maximum Gasteiger partial charge on any atom is 0.188 e. The predicted molar refractivity (Wildman–Crippen MR) is 80.1 cm³/mol. The highest BCUT2D eigenvalue weighted by Gasteiger charge is 2.32. The Morgan fingerprint density at radius 1 is 1.28 bits per heavy atom. The number of pyridine rings is 1. The van der Waals surface area contributed by atoms with Crippen LogP contribution < -0.4 is 9.75 Å². The van der Waals surface area contributed by atoms with Gasteiger partial charge in [0.2, 0.25) is 0 Å². The summed E-state index contributed by atoms with van der Waals surface area (Å²) in [5.74, 6) is 0. The van der Waals surface area contributed by atoms with Gasteiger partial charge in [0, 0.05) is 17.9 Å². The van der Waals surface area contributed by atoms with Crippen molar-refractivity contribution in [2.75, 3.05) is 0 Å². The molecule has 2 aromatic rings.